The summed E-state index contributed by atoms with van der Waals surface area (Å²) in [5.74, 6) is 0.0932. The van der Waals surface area contributed by atoms with Gasteiger partial charge in [-0.2, -0.15) is 0 Å². The van der Waals surface area contributed by atoms with E-state index in [0.717, 1.165) is 0 Å². The lowest BCUT2D eigenvalue weighted by Crippen LogP contribution is -2.51. The van der Waals surface area contributed by atoms with E-state index in [1.807, 2.05) is 20.8 Å². The van der Waals surface area contributed by atoms with E-state index in [9.17, 15) is 14.7 Å². The third-order valence-corrected chi connectivity index (χ3v) is 4.51. The fourth-order valence-electron chi connectivity index (χ4n) is 2.90. The largest absolute Gasteiger partial charge is 0.494 e. The number of benzene rings is 1. The van der Waals surface area contributed by atoms with Crippen LogP contribution in [0.2, 0.25) is 0 Å². The Morgan fingerprint density at radius 1 is 1.27 bits per heavy atom. The summed E-state index contributed by atoms with van der Waals surface area (Å²) in [5, 5.41) is 18.5. The SMILES string of the molecule is CCOc1ccc(C(=O)NC(C(=O)NCC2CNCC2O)C(C)C)cc1. The minimum absolute atomic E-state index is 0.00595. The van der Waals surface area contributed by atoms with Gasteiger partial charge in [0.1, 0.15) is 11.8 Å². The molecule has 1 aliphatic rings. The molecule has 1 fully saturated rings. The van der Waals surface area contributed by atoms with Crippen molar-refractivity contribution in [2.45, 2.75) is 32.9 Å². The second kappa shape index (κ2) is 9.54. The maximum Gasteiger partial charge on any atom is 0.251 e. The van der Waals surface area contributed by atoms with Gasteiger partial charge in [-0.25, -0.2) is 0 Å². The quantitative estimate of drug-likeness (QED) is 0.540. The first kappa shape index (κ1) is 20.2. The zero-order chi connectivity index (χ0) is 19.1. The van der Waals surface area contributed by atoms with Gasteiger partial charge >= 0.3 is 0 Å². The number of ether oxygens (including phenoxy) is 1. The second-order valence-corrected chi connectivity index (χ2v) is 6.88. The number of carbonyl (C=O) groups excluding carboxylic acids is 2. The maximum atomic E-state index is 12.5. The summed E-state index contributed by atoms with van der Waals surface area (Å²) in [6.45, 7) is 7.83. The molecule has 0 spiro atoms. The molecule has 7 heteroatoms. The molecule has 0 aromatic heterocycles. The van der Waals surface area contributed by atoms with Gasteiger partial charge in [0.15, 0.2) is 0 Å². The summed E-state index contributed by atoms with van der Waals surface area (Å²) in [4.78, 5) is 25.0. The van der Waals surface area contributed by atoms with Crippen molar-refractivity contribution in [3.8, 4) is 5.75 Å². The number of aliphatic hydroxyl groups is 1. The third-order valence-electron chi connectivity index (χ3n) is 4.51. The molecule has 1 aromatic rings. The van der Waals surface area contributed by atoms with Crippen molar-refractivity contribution in [3.05, 3.63) is 29.8 Å². The maximum absolute atomic E-state index is 12.5. The number of amides is 2. The molecular weight excluding hydrogens is 334 g/mol. The summed E-state index contributed by atoms with van der Waals surface area (Å²) in [6, 6.07) is 6.18. The normalized spacial score (nSPS) is 20.7. The first-order valence-corrected chi connectivity index (χ1v) is 9.12. The number of aliphatic hydroxyl groups excluding tert-OH is 1. The molecule has 144 valence electrons. The summed E-state index contributed by atoms with van der Waals surface area (Å²) in [7, 11) is 0. The van der Waals surface area contributed by atoms with Crippen LogP contribution in [-0.2, 0) is 4.79 Å². The third kappa shape index (κ3) is 5.44. The highest BCUT2D eigenvalue weighted by Gasteiger charge is 2.28. The van der Waals surface area contributed by atoms with Gasteiger partial charge in [-0.05, 0) is 37.1 Å². The smallest absolute Gasteiger partial charge is 0.251 e. The van der Waals surface area contributed by atoms with E-state index in [2.05, 4.69) is 16.0 Å². The van der Waals surface area contributed by atoms with Crippen LogP contribution in [0.5, 0.6) is 5.75 Å². The number of carbonyl (C=O) groups is 2. The lowest BCUT2D eigenvalue weighted by molar-refractivity contribution is -0.124. The molecule has 7 nitrogen and oxygen atoms in total. The van der Waals surface area contributed by atoms with E-state index < -0.39 is 12.1 Å². The second-order valence-electron chi connectivity index (χ2n) is 6.88. The Bertz CT molecular complexity index is 603. The van der Waals surface area contributed by atoms with Crippen molar-refractivity contribution in [1.29, 1.82) is 0 Å². The highest BCUT2D eigenvalue weighted by Crippen LogP contribution is 2.13. The van der Waals surface area contributed by atoms with Crippen LogP contribution in [0.4, 0.5) is 0 Å². The number of rotatable bonds is 8. The van der Waals surface area contributed by atoms with Gasteiger partial charge in [-0.1, -0.05) is 13.8 Å². The van der Waals surface area contributed by atoms with Crippen LogP contribution in [0, 0.1) is 11.8 Å². The molecule has 4 N–H and O–H groups in total. The minimum Gasteiger partial charge on any atom is -0.494 e. The molecule has 0 radical (unpaired) electrons. The minimum atomic E-state index is -0.638. The van der Waals surface area contributed by atoms with Gasteiger partial charge in [0.25, 0.3) is 5.91 Å². The molecule has 0 saturated carbocycles. The van der Waals surface area contributed by atoms with E-state index >= 15 is 0 Å². The zero-order valence-electron chi connectivity index (χ0n) is 15.6. The Balaban J connectivity index is 1.93. The predicted molar refractivity (Wildman–Crippen MR) is 99.1 cm³/mol. The van der Waals surface area contributed by atoms with E-state index in [1.54, 1.807) is 24.3 Å². The number of hydrogen-bond acceptors (Lipinski definition) is 5. The van der Waals surface area contributed by atoms with Crippen LogP contribution in [-0.4, -0.2) is 55.3 Å². The highest BCUT2D eigenvalue weighted by molar-refractivity contribution is 5.97. The summed E-state index contributed by atoms with van der Waals surface area (Å²) >= 11 is 0. The first-order valence-electron chi connectivity index (χ1n) is 9.12. The Kier molecular flexibility index (Phi) is 7.41. The van der Waals surface area contributed by atoms with Gasteiger partial charge in [0.05, 0.1) is 12.7 Å². The molecule has 2 amide bonds. The number of nitrogens with one attached hydrogen (secondary N) is 3. The molecule has 2 rings (SSSR count). The Morgan fingerprint density at radius 2 is 1.96 bits per heavy atom. The van der Waals surface area contributed by atoms with Crippen molar-refractivity contribution in [1.82, 2.24) is 16.0 Å². The Labute approximate surface area is 154 Å². The molecule has 1 aliphatic heterocycles. The van der Waals surface area contributed by atoms with Crippen molar-refractivity contribution in [2.75, 3.05) is 26.2 Å². The summed E-state index contributed by atoms with van der Waals surface area (Å²) < 4.78 is 5.37. The molecule has 3 unspecified atom stereocenters. The first-order chi connectivity index (χ1) is 12.4. The lowest BCUT2D eigenvalue weighted by atomic mass is 10.0. The fourth-order valence-corrected chi connectivity index (χ4v) is 2.90. The molecule has 0 aliphatic carbocycles. The number of β-amino-alcohol motifs (C(OH)–C–C–N with tert-alkyl or cyclic N) is 1. The van der Waals surface area contributed by atoms with Crippen molar-refractivity contribution in [3.63, 3.8) is 0 Å². The molecule has 1 saturated heterocycles. The van der Waals surface area contributed by atoms with Crippen LogP contribution in [0.25, 0.3) is 0 Å². The van der Waals surface area contributed by atoms with Crippen LogP contribution in [0.1, 0.15) is 31.1 Å². The summed E-state index contributed by atoms with van der Waals surface area (Å²) in [5.41, 5.74) is 0.474. The topological polar surface area (TPSA) is 99.7 Å². The molecule has 26 heavy (non-hydrogen) atoms. The van der Waals surface area contributed by atoms with Gasteiger partial charge < -0.3 is 25.8 Å². The van der Waals surface area contributed by atoms with Crippen molar-refractivity contribution in [2.24, 2.45) is 11.8 Å². The molecule has 0 bridgehead atoms. The van der Waals surface area contributed by atoms with Gasteiger partial charge in [-0.15, -0.1) is 0 Å². The monoisotopic (exact) mass is 363 g/mol. The van der Waals surface area contributed by atoms with E-state index in [4.69, 9.17) is 4.74 Å². The van der Waals surface area contributed by atoms with E-state index in [-0.39, 0.29) is 23.7 Å². The number of hydrogen-bond donors (Lipinski definition) is 4. The van der Waals surface area contributed by atoms with Crippen LogP contribution in [0.3, 0.4) is 0 Å². The van der Waals surface area contributed by atoms with Crippen LogP contribution < -0.4 is 20.7 Å². The standard InChI is InChI=1S/C19H29N3O4/c1-4-26-15-7-5-13(6-8-15)18(24)22-17(12(2)3)19(25)21-10-14-9-20-11-16(14)23/h5-8,12,14,16-17,20,23H,4,9-11H2,1-3H3,(H,21,25)(H,22,24). The predicted octanol–water partition coefficient (Wildman–Crippen LogP) is 0.536. The van der Waals surface area contributed by atoms with E-state index in [1.165, 1.54) is 0 Å². The van der Waals surface area contributed by atoms with Crippen molar-refractivity contribution < 1.29 is 19.4 Å². The lowest BCUT2D eigenvalue weighted by Gasteiger charge is -2.23. The van der Waals surface area contributed by atoms with Gasteiger partial charge in [0.2, 0.25) is 5.91 Å². The van der Waals surface area contributed by atoms with Gasteiger partial charge in [-0.3, -0.25) is 9.59 Å². The van der Waals surface area contributed by atoms with Crippen LogP contribution >= 0.6 is 0 Å². The average molecular weight is 363 g/mol. The highest BCUT2D eigenvalue weighted by atomic mass is 16.5. The fraction of sp³-hybridized carbons (Fsp3) is 0.579. The zero-order valence-corrected chi connectivity index (χ0v) is 15.6. The Morgan fingerprint density at radius 3 is 2.50 bits per heavy atom. The van der Waals surface area contributed by atoms with Gasteiger partial charge in [0, 0.05) is 31.1 Å². The average Bonchev–Trinajstić information content (AvgIpc) is 3.03. The van der Waals surface area contributed by atoms with E-state index in [0.29, 0.717) is 37.6 Å². The molecule has 3 atom stereocenters. The van der Waals surface area contributed by atoms with Crippen LogP contribution in [0.15, 0.2) is 24.3 Å². The molecule has 1 heterocycles. The molecule has 1 aromatic carbocycles. The Hall–Kier alpha value is -2.12. The molecular formula is C19H29N3O4. The summed E-state index contributed by atoms with van der Waals surface area (Å²) in [6.07, 6.45) is -0.453. The van der Waals surface area contributed by atoms with Crippen molar-refractivity contribution >= 4 is 11.8 Å².